The first-order chi connectivity index (χ1) is 8.93. The molecule has 102 valence electrons. The number of carboxylic acids is 1. The third-order valence-corrected chi connectivity index (χ3v) is 2.75. The molecule has 1 atom stereocenters. The van der Waals surface area contributed by atoms with Crippen molar-refractivity contribution >= 4 is 11.9 Å². The van der Waals surface area contributed by atoms with Gasteiger partial charge in [-0.25, -0.2) is 4.79 Å². The molecule has 1 aromatic rings. The number of ether oxygens (including phenoxy) is 1. The summed E-state index contributed by atoms with van der Waals surface area (Å²) in [6.07, 6.45) is -0.0128. The van der Waals surface area contributed by atoms with Gasteiger partial charge < -0.3 is 9.84 Å². The van der Waals surface area contributed by atoms with E-state index in [0.717, 1.165) is 11.1 Å². The number of rotatable bonds is 6. The van der Waals surface area contributed by atoms with E-state index in [-0.39, 0.29) is 18.1 Å². The zero-order valence-electron chi connectivity index (χ0n) is 11.2. The van der Waals surface area contributed by atoms with Gasteiger partial charge in [0.2, 0.25) is 0 Å². The molecular formula is C15H18O4. The zero-order valence-corrected chi connectivity index (χ0v) is 11.2. The third kappa shape index (κ3) is 4.58. The van der Waals surface area contributed by atoms with Crippen molar-refractivity contribution in [1.29, 1.82) is 0 Å². The molecule has 1 aromatic carbocycles. The van der Waals surface area contributed by atoms with Gasteiger partial charge in [-0.3, -0.25) is 4.79 Å². The van der Waals surface area contributed by atoms with Crippen LogP contribution in [-0.2, 0) is 14.3 Å². The highest BCUT2D eigenvalue weighted by Gasteiger charge is 2.17. The first kappa shape index (κ1) is 15.0. The molecule has 1 unspecified atom stereocenters. The van der Waals surface area contributed by atoms with Crippen molar-refractivity contribution in [2.45, 2.75) is 32.8 Å². The third-order valence-electron chi connectivity index (χ3n) is 2.75. The molecule has 0 bridgehead atoms. The Hall–Kier alpha value is -2.10. The van der Waals surface area contributed by atoms with Gasteiger partial charge in [0.25, 0.3) is 0 Å². The van der Waals surface area contributed by atoms with Crippen LogP contribution in [0.4, 0.5) is 0 Å². The monoisotopic (exact) mass is 262 g/mol. The Balaban J connectivity index is 2.67. The fourth-order valence-corrected chi connectivity index (χ4v) is 1.62. The average molecular weight is 262 g/mol. The molecule has 0 fully saturated rings. The van der Waals surface area contributed by atoms with E-state index in [0.29, 0.717) is 6.42 Å². The minimum atomic E-state index is -1.18. The van der Waals surface area contributed by atoms with Gasteiger partial charge in [-0.2, -0.15) is 0 Å². The molecule has 0 saturated carbocycles. The van der Waals surface area contributed by atoms with Gasteiger partial charge in [0.1, 0.15) is 6.10 Å². The van der Waals surface area contributed by atoms with Crippen LogP contribution in [0.25, 0.3) is 0 Å². The summed E-state index contributed by atoms with van der Waals surface area (Å²) in [5.74, 6) is -1.75. The lowest BCUT2D eigenvalue weighted by Crippen LogP contribution is -2.13. The maximum atomic E-state index is 11.6. The SMILES string of the molecule is C=C(CC(=O)OC(CC)c1ccc(C)cc1)C(=O)O. The summed E-state index contributed by atoms with van der Waals surface area (Å²) < 4.78 is 5.28. The summed E-state index contributed by atoms with van der Waals surface area (Å²) in [6.45, 7) is 7.20. The fraction of sp³-hybridized carbons (Fsp3) is 0.333. The standard InChI is InChI=1S/C15H18O4/c1-4-13(12-7-5-10(2)6-8-12)19-14(16)9-11(3)15(17)18/h5-8,13H,3-4,9H2,1-2H3,(H,17,18). The summed E-state index contributed by atoms with van der Waals surface area (Å²) in [5, 5.41) is 8.66. The largest absolute Gasteiger partial charge is 0.478 e. The fourth-order valence-electron chi connectivity index (χ4n) is 1.62. The van der Waals surface area contributed by atoms with E-state index in [1.807, 2.05) is 38.1 Å². The van der Waals surface area contributed by atoms with Crippen LogP contribution in [-0.4, -0.2) is 17.0 Å². The summed E-state index contributed by atoms with van der Waals surface area (Å²) in [6, 6.07) is 7.70. The lowest BCUT2D eigenvalue weighted by Gasteiger charge is -2.16. The van der Waals surface area contributed by atoms with Crippen LogP contribution in [0.5, 0.6) is 0 Å². The van der Waals surface area contributed by atoms with Gasteiger partial charge in [0, 0.05) is 5.57 Å². The number of carboxylic acid groups (broad SMARTS) is 1. The van der Waals surface area contributed by atoms with Gasteiger partial charge in [-0.15, -0.1) is 0 Å². The molecular weight excluding hydrogens is 244 g/mol. The molecule has 0 spiro atoms. The number of hydrogen-bond acceptors (Lipinski definition) is 3. The predicted octanol–water partition coefficient (Wildman–Crippen LogP) is 3.02. The molecule has 0 amide bonds. The van der Waals surface area contributed by atoms with E-state index >= 15 is 0 Å². The van der Waals surface area contributed by atoms with Gasteiger partial charge in [-0.05, 0) is 18.9 Å². The Morgan fingerprint density at radius 2 is 1.89 bits per heavy atom. The minimum Gasteiger partial charge on any atom is -0.478 e. The quantitative estimate of drug-likeness (QED) is 0.632. The Labute approximate surface area is 112 Å². The summed E-state index contributed by atoms with van der Waals surface area (Å²) in [4.78, 5) is 22.2. The van der Waals surface area contributed by atoms with Crippen LogP contribution in [0, 0.1) is 6.92 Å². The maximum Gasteiger partial charge on any atom is 0.331 e. The van der Waals surface area contributed by atoms with E-state index in [1.54, 1.807) is 0 Å². The summed E-state index contributed by atoms with van der Waals surface area (Å²) in [5.41, 5.74) is 1.87. The molecule has 1 N–H and O–H groups in total. The van der Waals surface area contributed by atoms with Gasteiger partial charge in [0.15, 0.2) is 0 Å². The Morgan fingerprint density at radius 3 is 2.37 bits per heavy atom. The lowest BCUT2D eigenvalue weighted by molar-refractivity contribution is -0.150. The summed E-state index contributed by atoms with van der Waals surface area (Å²) >= 11 is 0. The second-order valence-corrected chi connectivity index (χ2v) is 4.38. The van der Waals surface area contributed by atoms with Crippen LogP contribution in [0.3, 0.4) is 0 Å². The zero-order chi connectivity index (χ0) is 14.4. The highest BCUT2D eigenvalue weighted by atomic mass is 16.5. The van der Waals surface area contributed by atoms with Crippen molar-refractivity contribution in [2.75, 3.05) is 0 Å². The second kappa shape index (κ2) is 6.73. The van der Waals surface area contributed by atoms with E-state index in [9.17, 15) is 9.59 Å². The smallest absolute Gasteiger partial charge is 0.331 e. The first-order valence-electron chi connectivity index (χ1n) is 6.11. The molecule has 0 aliphatic carbocycles. The van der Waals surface area contributed by atoms with E-state index in [1.165, 1.54) is 0 Å². The Morgan fingerprint density at radius 1 is 1.32 bits per heavy atom. The predicted molar refractivity (Wildman–Crippen MR) is 71.7 cm³/mol. The van der Waals surface area contributed by atoms with Crippen molar-refractivity contribution < 1.29 is 19.4 Å². The van der Waals surface area contributed by atoms with E-state index in [2.05, 4.69) is 6.58 Å². The number of aliphatic carboxylic acids is 1. The molecule has 19 heavy (non-hydrogen) atoms. The van der Waals surface area contributed by atoms with E-state index in [4.69, 9.17) is 9.84 Å². The van der Waals surface area contributed by atoms with Crippen molar-refractivity contribution in [2.24, 2.45) is 0 Å². The molecule has 0 saturated heterocycles. The van der Waals surface area contributed by atoms with Crippen molar-refractivity contribution in [3.8, 4) is 0 Å². The lowest BCUT2D eigenvalue weighted by atomic mass is 10.1. The van der Waals surface area contributed by atoms with Gasteiger partial charge >= 0.3 is 11.9 Å². The minimum absolute atomic E-state index is 0.163. The first-order valence-corrected chi connectivity index (χ1v) is 6.11. The molecule has 0 aliphatic rings. The van der Waals surface area contributed by atoms with E-state index < -0.39 is 11.9 Å². The second-order valence-electron chi connectivity index (χ2n) is 4.38. The number of hydrogen-bond donors (Lipinski definition) is 1. The van der Waals surface area contributed by atoms with Crippen molar-refractivity contribution in [3.63, 3.8) is 0 Å². The van der Waals surface area contributed by atoms with Crippen LogP contribution < -0.4 is 0 Å². The van der Waals surface area contributed by atoms with Crippen LogP contribution in [0.15, 0.2) is 36.4 Å². The molecule has 0 heterocycles. The molecule has 0 aromatic heterocycles. The molecule has 0 radical (unpaired) electrons. The van der Waals surface area contributed by atoms with Crippen LogP contribution in [0.1, 0.15) is 37.0 Å². The maximum absolute atomic E-state index is 11.6. The van der Waals surface area contributed by atoms with Crippen molar-refractivity contribution in [3.05, 3.63) is 47.5 Å². The number of esters is 1. The highest BCUT2D eigenvalue weighted by molar-refractivity contribution is 5.91. The van der Waals surface area contributed by atoms with Gasteiger partial charge in [0.05, 0.1) is 6.42 Å². The highest BCUT2D eigenvalue weighted by Crippen LogP contribution is 2.22. The molecule has 1 rings (SSSR count). The number of benzene rings is 1. The number of carbonyl (C=O) groups excluding carboxylic acids is 1. The normalized spacial score (nSPS) is 11.7. The Kier molecular flexibility index (Phi) is 5.30. The molecule has 0 aliphatic heterocycles. The number of carbonyl (C=O) groups is 2. The summed E-state index contributed by atoms with van der Waals surface area (Å²) in [7, 11) is 0. The van der Waals surface area contributed by atoms with Crippen LogP contribution >= 0.6 is 0 Å². The topological polar surface area (TPSA) is 63.6 Å². The average Bonchev–Trinajstić information content (AvgIpc) is 2.37. The van der Waals surface area contributed by atoms with Gasteiger partial charge in [-0.1, -0.05) is 43.3 Å². The molecule has 4 heteroatoms. The van der Waals surface area contributed by atoms with Crippen molar-refractivity contribution in [1.82, 2.24) is 0 Å². The van der Waals surface area contributed by atoms with Crippen LogP contribution in [0.2, 0.25) is 0 Å². The molecule has 4 nitrogen and oxygen atoms in total. The number of aryl methyl sites for hydroxylation is 1. The Bertz CT molecular complexity index is 473.